The second-order valence-electron chi connectivity index (χ2n) is 11.6. The molecule has 0 amide bonds. The lowest BCUT2D eigenvalue weighted by atomic mass is 9.48. The predicted molar refractivity (Wildman–Crippen MR) is 147 cm³/mol. The lowest BCUT2D eigenvalue weighted by Gasteiger charge is -2.57. The number of methoxy groups -OCH3 is 1. The van der Waals surface area contributed by atoms with Crippen LogP contribution in [-0.2, 0) is 17.2 Å². The molecule has 4 fully saturated rings. The minimum atomic E-state index is -0.371. The van der Waals surface area contributed by atoms with Gasteiger partial charge < -0.3 is 14.6 Å². The number of nitrogens with zero attached hydrogens (tertiary/aromatic N) is 2. The fourth-order valence-electron chi connectivity index (χ4n) is 7.99. The molecule has 1 heterocycles. The van der Waals surface area contributed by atoms with Gasteiger partial charge >= 0.3 is 5.97 Å². The fourth-order valence-corrected chi connectivity index (χ4v) is 7.99. The molecule has 4 saturated carbocycles. The van der Waals surface area contributed by atoms with Crippen LogP contribution in [0.2, 0.25) is 0 Å². The van der Waals surface area contributed by atoms with E-state index in [4.69, 9.17) is 9.72 Å². The first-order valence-corrected chi connectivity index (χ1v) is 13.5. The van der Waals surface area contributed by atoms with E-state index in [0.717, 1.165) is 46.0 Å². The molecule has 0 aliphatic heterocycles. The number of ether oxygens (including phenoxy) is 1. The summed E-state index contributed by atoms with van der Waals surface area (Å²) in [6, 6.07) is 23.2. The zero-order valence-corrected chi connectivity index (χ0v) is 21.5. The van der Waals surface area contributed by atoms with Gasteiger partial charge in [0.2, 0.25) is 0 Å². The van der Waals surface area contributed by atoms with Crippen molar-refractivity contribution in [3.8, 4) is 11.4 Å². The molecule has 4 aromatic rings. The Balaban J connectivity index is 1.10. The molecule has 1 N–H and O–H groups in total. The first-order valence-electron chi connectivity index (χ1n) is 13.5. The fraction of sp³-hybridized carbons (Fsp3) is 0.375. The number of nitrogens with one attached hydrogen (secondary N) is 1. The summed E-state index contributed by atoms with van der Waals surface area (Å²) in [5.74, 6) is 3.34. The lowest BCUT2D eigenvalue weighted by Crippen LogP contribution is -2.48. The summed E-state index contributed by atoms with van der Waals surface area (Å²) in [5.41, 5.74) is 7.20. The minimum Gasteiger partial charge on any atom is -0.465 e. The highest BCUT2D eigenvalue weighted by molar-refractivity contribution is 6.02. The molecule has 0 atom stereocenters. The highest BCUT2D eigenvalue weighted by Gasteiger charge is 2.51. The summed E-state index contributed by atoms with van der Waals surface area (Å²) in [4.78, 5) is 17.0. The molecule has 4 aliphatic carbocycles. The van der Waals surface area contributed by atoms with Gasteiger partial charge in [0.25, 0.3) is 0 Å². The molecule has 37 heavy (non-hydrogen) atoms. The van der Waals surface area contributed by atoms with Crippen LogP contribution in [0, 0.1) is 17.8 Å². The Bertz CT molecular complexity index is 1450. The normalized spacial score (nSPS) is 25.9. The van der Waals surface area contributed by atoms with Crippen molar-refractivity contribution in [1.29, 1.82) is 0 Å². The molecule has 188 valence electrons. The number of para-hydroxylation sites is 1. The maximum Gasteiger partial charge on any atom is 0.340 e. The second kappa shape index (κ2) is 8.47. The SMILES string of the molecule is COC(=O)c1cccc2c1nc(-c1ccc(Nc3ccc(C45CC6CC(CC(C6)C4)C5)cc3)cc1)n2C. The number of carbonyl (C=O) groups excluding carboxylic acids is 1. The molecule has 5 nitrogen and oxygen atoms in total. The molecule has 0 spiro atoms. The standard InChI is InChI=1S/C32H33N3O2/c1-35-28-5-3-4-27(31(36)37-2)29(28)34-30(35)23-6-10-25(11-7-23)33-26-12-8-24(9-13-26)32-17-20-14-21(18-32)16-22(15-20)19-32/h3-13,20-22,33H,14-19H2,1-2H3. The van der Waals surface area contributed by atoms with Crippen LogP contribution in [0.5, 0.6) is 0 Å². The number of anilines is 2. The summed E-state index contributed by atoms with van der Waals surface area (Å²) in [5, 5.41) is 3.57. The maximum absolute atomic E-state index is 12.2. The Kier molecular flexibility index (Phi) is 5.17. The number of esters is 1. The Labute approximate surface area is 217 Å². The van der Waals surface area contributed by atoms with E-state index >= 15 is 0 Å². The smallest absolute Gasteiger partial charge is 0.340 e. The van der Waals surface area contributed by atoms with Crippen molar-refractivity contribution in [3.63, 3.8) is 0 Å². The number of rotatable bonds is 5. The minimum absolute atomic E-state index is 0.371. The van der Waals surface area contributed by atoms with Gasteiger partial charge in [-0.05, 0) is 116 Å². The lowest BCUT2D eigenvalue weighted by molar-refractivity contribution is -0.00518. The molecule has 0 radical (unpaired) electrons. The third kappa shape index (κ3) is 3.75. The van der Waals surface area contributed by atoms with E-state index in [9.17, 15) is 4.79 Å². The van der Waals surface area contributed by atoms with E-state index in [-0.39, 0.29) is 5.97 Å². The van der Waals surface area contributed by atoms with Crippen LogP contribution in [0.15, 0.2) is 66.7 Å². The third-order valence-electron chi connectivity index (χ3n) is 9.28. The zero-order chi connectivity index (χ0) is 25.1. The van der Waals surface area contributed by atoms with Crippen LogP contribution in [0.1, 0.15) is 54.4 Å². The summed E-state index contributed by atoms with van der Waals surface area (Å²) < 4.78 is 6.96. The van der Waals surface area contributed by atoms with E-state index in [1.807, 2.05) is 23.7 Å². The summed E-state index contributed by atoms with van der Waals surface area (Å²) in [7, 11) is 3.37. The first kappa shape index (κ1) is 22.6. The van der Waals surface area contributed by atoms with Crippen molar-refractivity contribution >= 4 is 28.4 Å². The number of fused-ring (bicyclic) bond motifs is 1. The van der Waals surface area contributed by atoms with Crippen LogP contribution >= 0.6 is 0 Å². The van der Waals surface area contributed by atoms with E-state index in [1.165, 1.54) is 45.6 Å². The Morgan fingerprint density at radius 2 is 1.49 bits per heavy atom. The average molecular weight is 492 g/mol. The van der Waals surface area contributed by atoms with Gasteiger partial charge in [-0.25, -0.2) is 9.78 Å². The van der Waals surface area contributed by atoms with Crippen molar-refractivity contribution in [2.75, 3.05) is 12.4 Å². The van der Waals surface area contributed by atoms with Crippen molar-refractivity contribution in [3.05, 3.63) is 77.9 Å². The molecule has 0 saturated heterocycles. The van der Waals surface area contributed by atoms with Gasteiger partial charge in [0.05, 0.1) is 18.2 Å². The Morgan fingerprint density at radius 3 is 2.08 bits per heavy atom. The molecular weight excluding hydrogens is 458 g/mol. The molecule has 5 heteroatoms. The van der Waals surface area contributed by atoms with Crippen LogP contribution in [0.25, 0.3) is 22.4 Å². The third-order valence-corrected chi connectivity index (χ3v) is 9.28. The van der Waals surface area contributed by atoms with E-state index in [2.05, 4.69) is 53.8 Å². The van der Waals surface area contributed by atoms with Gasteiger partial charge in [0, 0.05) is 24.0 Å². The van der Waals surface area contributed by atoms with Gasteiger partial charge in [-0.3, -0.25) is 0 Å². The van der Waals surface area contributed by atoms with Crippen LogP contribution in [0.4, 0.5) is 11.4 Å². The molecule has 4 aliphatic rings. The molecule has 0 unspecified atom stereocenters. The molecule has 4 bridgehead atoms. The van der Waals surface area contributed by atoms with E-state index < -0.39 is 0 Å². The van der Waals surface area contributed by atoms with Crippen molar-refractivity contribution in [2.24, 2.45) is 24.8 Å². The summed E-state index contributed by atoms with van der Waals surface area (Å²) in [6.45, 7) is 0. The monoisotopic (exact) mass is 491 g/mol. The number of imidazole rings is 1. The highest BCUT2D eigenvalue weighted by Crippen LogP contribution is 2.60. The van der Waals surface area contributed by atoms with Crippen molar-refractivity contribution in [1.82, 2.24) is 9.55 Å². The Hall–Kier alpha value is -3.60. The number of carbonyl (C=O) groups is 1. The average Bonchev–Trinajstić information content (AvgIpc) is 3.25. The van der Waals surface area contributed by atoms with Gasteiger partial charge in [-0.1, -0.05) is 18.2 Å². The topological polar surface area (TPSA) is 56.1 Å². The van der Waals surface area contributed by atoms with Crippen LogP contribution in [0.3, 0.4) is 0 Å². The largest absolute Gasteiger partial charge is 0.465 e. The van der Waals surface area contributed by atoms with Crippen molar-refractivity contribution in [2.45, 2.75) is 43.9 Å². The van der Waals surface area contributed by atoms with Gasteiger partial charge in [-0.15, -0.1) is 0 Å². The van der Waals surface area contributed by atoms with E-state index in [1.54, 1.807) is 11.6 Å². The van der Waals surface area contributed by atoms with Crippen LogP contribution in [-0.4, -0.2) is 22.6 Å². The predicted octanol–water partition coefficient (Wildman–Crippen LogP) is 7.24. The Morgan fingerprint density at radius 1 is 0.892 bits per heavy atom. The van der Waals surface area contributed by atoms with Gasteiger partial charge in [-0.2, -0.15) is 0 Å². The number of benzene rings is 3. The summed E-state index contributed by atoms with van der Waals surface area (Å²) in [6.07, 6.45) is 8.64. The zero-order valence-electron chi connectivity index (χ0n) is 21.5. The van der Waals surface area contributed by atoms with Gasteiger partial charge in [0.1, 0.15) is 11.3 Å². The quantitative estimate of drug-likeness (QED) is 0.299. The number of hydrogen-bond acceptors (Lipinski definition) is 4. The number of aryl methyl sites for hydroxylation is 1. The number of hydrogen-bond donors (Lipinski definition) is 1. The van der Waals surface area contributed by atoms with E-state index in [0.29, 0.717) is 16.5 Å². The molecule has 1 aromatic heterocycles. The van der Waals surface area contributed by atoms with Crippen LogP contribution < -0.4 is 5.32 Å². The summed E-state index contributed by atoms with van der Waals surface area (Å²) >= 11 is 0. The second-order valence-corrected chi connectivity index (χ2v) is 11.6. The van der Waals surface area contributed by atoms with Gasteiger partial charge in [0.15, 0.2) is 0 Å². The number of aromatic nitrogens is 2. The van der Waals surface area contributed by atoms with Crippen molar-refractivity contribution < 1.29 is 9.53 Å². The maximum atomic E-state index is 12.2. The molecule has 8 rings (SSSR count). The first-order chi connectivity index (χ1) is 18.0. The molecular formula is C32H33N3O2. The molecule has 3 aromatic carbocycles. The highest BCUT2D eigenvalue weighted by atomic mass is 16.5.